The second-order valence-corrected chi connectivity index (χ2v) is 4.08. The number of carbonyl (C=O) groups excluding carboxylic acids is 1. The smallest absolute Gasteiger partial charge is 0.230 e. The highest BCUT2D eigenvalue weighted by Gasteiger charge is 2.44. The molecular weight excluding hydrogens is 150 g/mol. The largest absolute Gasteiger partial charge is 0.330 e. The van der Waals surface area contributed by atoms with Crippen molar-refractivity contribution >= 4 is 5.91 Å². The summed E-state index contributed by atoms with van der Waals surface area (Å²) >= 11 is 0. The van der Waals surface area contributed by atoms with E-state index in [2.05, 4.69) is 11.9 Å². The summed E-state index contributed by atoms with van der Waals surface area (Å²) in [6.07, 6.45) is 6.73. The summed E-state index contributed by atoms with van der Waals surface area (Å²) in [5, 5.41) is 2.84. The van der Waals surface area contributed by atoms with Crippen LogP contribution in [0.1, 0.15) is 38.5 Å². The summed E-state index contributed by atoms with van der Waals surface area (Å²) < 4.78 is 0. The third-order valence-electron chi connectivity index (χ3n) is 3.13. The molecule has 0 unspecified atom stereocenters. The molecule has 0 bridgehead atoms. The van der Waals surface area contributed by atoms with E-state index in [1.807, 2.05) is 0 Å². The Kier molecular flexibility index (Phi) is 1.71. The molecular formula is C10H15NO. The van der Waals surface area contributed by atoms with Crippen LogP contribution in [0.4, 0.5) is 0 Å². The van der Waals surface area contributed by atoms with Gasteiger partial charge in [-0.2, -0.15) is 0 Å². The van der Waals surface area contributed by atoms with Crippen LogP contribution < -0.4 is 5.32 Å². The van der Waals surface area contributed by atoms with Crippen LogP contribution in [-0.4, -0.2) is 5.91 Å². The number of hydrogen-bond acceptors (Lipinski definition) is 1. The zero-order chi connectivity index (χ0) is 8.60. The molecule has 1 aliphatic heterocycles. The van der Waals surface area contributed by atoms with Crippen molar-refractivity contribution in [1.29, 1.82) is 0 Å². The van der Waals surface area contributed by atoms with E-state index in [4.69, 9.17) is 0 Å². The van der Waals surface area contributed by atoms with Gasteiger partial charge in [0.1, 0.15) is 0 Å². The van der Waals surface area contributed by atoms with Gasteiger partial charge >= 0.3 is 0 Å². The molecule has 1 N–H and O–H groups in total. The molecule has 2 aliphatic rings. The number of carbonyl (C=O) groups is 1. The molecule has 0 aromatic heterocycles. The van der Waals surface area contributed by atoms with Crippen LogP contribution >= 0.6 is 0 Å². The standard InChI is InChI=1S/C10H15NO/c1-8-7-10(9(12)11-8)5-3-2-4-6-10/h1-7H2,(H,11,12). The fraction of sp³-hybridized carbons (Fsp3) is 0.700. The molecule has 1 saturated carbocycles. The van der Waals surface area contributed by atoms with Gasteiger partial charge in [0.25, 0.3) is 0 Å². The minimum absolute atomic E-state index is 0.0463. The van der Waals surface area contributed by atoms with Crippen LogP contribution in [0.3, 0.4) is 0 Å². The summed E-state index contributed by atoms with van der Waals surface area (Å²) in [6, 6.07) is 0. The lowest BCUT2D eigenvalue weighted by Gasteiger charge is -2.29. The minimum atomic E-state index is -0.0463. The molecule has 1 saturated heterocycles. The van der Waals surface area contributed by atoms with Gasteiger partial charge in [-0.15, -0.1) is 0 Å². The van der Waals surface area contributed by atoms with Crippen molar-refractivity contribution < 1.29 is 4.79 Å². The van der Waals surface area contributed by atoms with Gasteiger partial charge in [0.2, 0.25) is 5.91 Å². The first-order chi connectivity index (χ1) is 5.73. The molecule has 2 heteroatoms. The van der Waals surface area contributed by atoms with Crippen molar-refractivity contribution in [3.63, 3.8) is 0 Å². The van der Waals surface area contributed by atoms with E-state index >= 15 is 0 Å². The van der Waals surface area contributed by atoms with E-state index in [9.17, 15) is 4.79 Å². The average Bonchev–Trinajstić information content (AvgIpc) is 2.29. The molecule has 2 fully saturated rings. The highest BCUT2D eigenvalue weighted by molar-refractivity contribution is 5.87. The van der Waals surface area contributed by atoms with Gasteiger partial charge < -0.3 is 5.32 Å². The molecule has 0 atom stereocenters. The summed E-state index contributed by atoms with van der Waals surface area (Å²) in [4.78, 5) is 11.6. The Hall–Kier alpha value is -0.790. The van der Waals surface area contributed by atoms with Crippen LogP contribution in [0, 0.1) is 5.41 Å². The van der Waals surface area contributed by atoms with Crippen LogP contribution in [0.2, 0.25) is 0 Å². The Morgan fingerprint density at radius 1 is 1.25 bits per heavy atom. The Bertz CT molecular complexity index is 226. The summed E-state index contributed by atoms with van der Waals surface area (Å²) in [5.41, 5.74) is 0.872. The first-order valence-electron chi connectivity index (χ1n) is 4.72. The molecule has 2 rings (SSSR count). The van der Waals surface area contributed by atoms with Gasteiger partial charge in [-0.3, -0.25) is 4.79 Å². The van der Waals surface area contributed by atoms with E-state index in [-0.39, 0.29) is 11.3 Å². The Labute approximate surface area is 73.0 Å². The second-order valence-electron chi connectivity index (χ2n) is 4.08. The monoisotopic (exact) mass is 165 g/mol. The van der Waals surface area contributed by atoms with Crippen molar-refractivity contribution in [2.45, 2.75) is 38.5 Å². The van der Waals surface area contributed by atoms with Gasteiger partial charge in [-0.05, 0) is 12.8 Å². The molecule has 0 aromatic carbocycles. The molecule has 0 radical (unpaired) electrons. The normalized spacial score (nSPS) is 27.7. The fourth-order valence-electron chi connectivity index (χ4n) is 2.46. The highest BCUT2D eigenvalue weighted by atomic mass is 16.2. The lowest BCUT2D eigenvalue weighted by Crippen LogP contribution is -2.32. The van der Waals surface area contributed by atoms with Crippen molar-refractivity contribution in [3.8, 4) is 0 Å². The lowest BCUT2D eigenvalue weighted by molar-refractivity contribution is -0.129. The summed E-state index contributed by atoms with van der Waals surface area (Å²) in [7, 11) is 0. The maximum Gasteiger partial charge on any atom is 0.230 e. The molecule has 12 heavy (non-hydrogen) atoms. The van der Waals surface area contributed by atoms with Crippen molar-refractivity contribution in [2.75, 3.05) is 0 Å². The predicted molar refractivity (Wildman–Crippen MR) is 47.4 cm³/mol. The van der Waals surface area contributed by atoms with Gasteiger partial charge in [0.15, 0.2) is 0 Å². The zero-order valence-corrected chi connectivity index (χ0v) is 7.36. The molecule has 1 spiro atoms. The van der Waals surface area contributed by atoms with Gasteiger partial charge in [0.05, 0.1) is 5.41 Å². The number of hydrogen-bond donors (Lipinski definition) is 1. The van der Waals surface area contributed by atoms with E-state index < -0.39 is 0 Å². The second kappa shape index (κ2) is 2.61. The zero-order valence-electron chi connectivity index (χ0n) is 7.36. The number of nitrogens with one attached hydrogen (secondary N) is 1. The molecule has 66 valence electrons. The minimum Gasteiger partial charge on any atom is -0.330 e. The maximum atomic E-state index is 11.6. The van der Waals surface area contributed by atoms with Crippen LogP contribution in [0.25, 0.3) is 0 Å². The molecule has 0 aromatic rings. The van der Waals surface area contributed by atoms with Gasteiger partial charge in [-0.25, -0.2) is 0 Å². The summed E-state index contributed by atoms with van der Waals surface area (Å²) in [6.45, 7) is 3.82. The van der Waals surface area contributed by atoms with E-state index in [1.165, 1.54) is 19.3 Å². The number of rotatable bonds is 0. The first-order valence-corrected chi connectivity index (χ1v) is 4.72. The third-order valence-corrected chi connectivity index (χ3v) is 3.13. The van der Waals surface area contributed by atoms with Crippen molar-refractivity contribution in [2.24, 2.45) is 5.41 Å². The molecule has 1 heterocycles. The van der Waals surface area contributed by atoms with Gasteiger partial charge in [-0.1, -0.05) is 25.8 Å². The maximum absolute atomic E-state index is 11.6. The quantitative estimate of drug-likeness (QED) is 0.584. The average molecular weight is 165 g/mol. The topological polar surface area (TPSA) is 29.1 Å². The Morgan fingerprint density at radius 2 is 1.92 bits per heavy atom. The Balaban J connectivity index is 2.18. The molecule has 2 nitrogen and oxygen atoms in total. The van der Waals surface area contributed by atoms with Crippen molar-refractivity contribution in [3.05, 3.63) is 12.3 Å². The van der Waals surface area contributed by atoms with Crippen LogP contribution in [-0.2, 0) is 4.79 Å². The third kappa shape index (κ3) is 1.06. The summed E-state index contributed by atoms with van der Waals surface area (Å²) in [5.74, 6) is 0.229. The number of allylic oxidation sites excluding steroid dienone is 1. The van der Waals surface area contributed by atoms with E-state index in [1.54, 1.807) is 0 Å². The van der Waals surface area contributed by atoms with Gasteiger partial charge in [0, 0.05) is 12.1 Å². The Morgan fingerprint density at radius 3 is 2.42 bits per heavy atom. The molecule has 1 amide bonds. The fourth-order valence-corrected chi connectivity index (χ4v) is 2.46. The first kappa shape index (κ1) is 7.84. The van der Waals surface area contributed by atoms with Crippen molar-refractivity contribution in [1.82, 2.24) is 5.32 Å². The highest BCUT2D eigenvalue weighted by Crippen LogP contribution is 2.44. The lowest BCUT2D eigenvalue weighted by atomic mass is 9.73. The van der Waals surface area contributed by atoms with E-state index in [0.29, 0.717) is 0 Å². The van der Waals surface area contributed by atoms with E-state index in [0.717, 1.165) is 25.0 Å². The van der Waals surface area contributed by atoms with Crippen LogP contribution in [0.15, 0.2) is 12.3 Å². The SMILES string of the molecule is C=C1CC2(CCCCC2)C(=O)N1. The number of amides is 1. The predicted octanol–water partition coefficient (Wildman–Crippen LogP) is 1.97. The molecule has 1 aliphatic carbocycles. The van der Waals surface area contributed by atoms with Crippen LogP contribution in [0.5, 0.6) is 0 Å².